The van der Waals surface area contributed by atoms with Crippen LogP contribution in [0, 0.1) is 52.8 Å². The van der Waals surface area contributed by atoms with Crippen molar-refractivity contribution in [2.24, 2.45) is 23.7 Å². The molecule has 0 atom stereocenters. The molecule has 0 spiro atoms. The number of ether oxygens (including phenoxy) is 10. The van der Waals surface area contributed by atoms with E-state index < -0.39 is 0 Å². The molecular formula is C120H130F5N7O12. The molecule has 10 aliphatic heterocycles. The summed E-state index contributed by atoms with van der Waals surface area (Å²) in [4.78, 5) is 42.6. The van der Waals surface area contributed by atoms with Gasteiger partial charge in [-0.3, -0.25) is 24.3 Å². The predicted octanol–water partition coefficient (Wildman–Crippen LogP) is 21.5. The van der Waals surface area contributed by atoms with Gasteiger partial charge in [-0.25, -0.2) is 22.0 Å². The Morgan fingerprint density at radius 2 is 0.521 bits per heavy atom. The summed E-state index contributed by atoms with van der Waals surface area (Å²) in [7, 11) is 5.90. The zero-order chi connectivity index (χ0) is 98.5. The topological polar surface area (TPSA) is 149 Å². The number of likely N-dealkylation sites (tertiary alicyclic amines) is 3. The molecule has 0 radical (unpaired) electrons. The minimum Gasteiger partial charge on any atom is -0.497 e. The fourth-order valence-electron chi connectivity index (χ4n) is 20.4. The van der Waals surface area contributed by atoms with Crippen molar-refractivity contribution in [1.29, 1.82) is 0 Å². The van der Waals surface area contributed by atoms with Crippen LogP contribution in [-0.4, -0.2) is 238 Å². The Morgan fingerprint density at radius 1 is 0.278 bits per heavy atom. The van der Waals surface area contributed by atoms with E-state index in [-0.39, 0.29) is 54.1 Å². The van der Waals surface area contributed by atoms with Crippen molar-refractivity contribution in [2.45, 2.75) is 96.3 Å². The third kappa shape index (κ3) is 25.1. The molecule has 24 rings (SSSR count). The van der Waals surface area contributed by atoms with Gasteiger partial charge in [-0.1, -0.05) is 67.1 Å². The first-order chi connectivity index (χ1) is 70.4. The number of rotatable bonds is 26. The Labute approximate surface area is 842 Å². The molecule has 4 aliphatic carbocycles. The second kappa shape index (κ2) is 46.1. The van der Waals surface area contributed by atoms with E-state index in [1.54, 1.807) is 55.6 Å². The standard InChI is InChI=1S/C25H27FN2O3.C25H29FN2O2.C25H28FNO2.C24H24FNO3.C21H22FNO2/c1-27-10-12-28(13-11-27)25(29)22-16-31-23-9-8-20(30-15-17-2-3-17)14-21(23)24(22)18-4-6-19(26)7-5-18;1-27-10-12-28(13-11-27)15-20-17-30-24-9-8-22(29-16-18-2-3-18)14-23(24)25(20)19-4-6-21(26)7-5-19;26-21-8-6-19(7-9-21)25-20(15-27-12-2-1-3-13-27)17-29-24-11-10-22(14-23(24)25)28-16-18-4-5-18;25-18-7-5-17(6-8-18)23-20-13-19(28-14-16-3-4-16)9-10-22(20)29-15-21(23)24(27)26-11-1-2-12-26;1-24-18-8-9-20-19(12-18)21(15-4-6-17(22)7-5-15)16(14-25-20)13-23-10-2-3-11-23/h4-9,14,17H,2-3,10-13,15-16H2,1H3;4-9,14,18H,2-3,10-13,15-17H2,1H3;6-11,14,18H,1-5,12-13,15-17H2;5-10,13,16H,1-4,11-12,14-15H2;4-9,12H,2-3,10-11,13-14H2,1H3. The average molecular weight is 1960 g/mol. The molecule has 24 heteroatoms. The number of piperazine rings is 2. The van der Waals surface area contributed by atoms with E-state index in [4.69, 9.17) is 47.4 Å². The number of likely N-dealkylation sites (N-methyl/N-ethyl adjacent to an activating group) is 2. The van der Waals surface area contributed by atoms with E-state index in [1.807, 2.05) is 125 Å². The van der Waals surface area contributed by atoms with E-state index in [2.05, 4.69) is 50.7 Å². The number of carbonyl (C=O) groups is 2. The highest BCUT2D eigenvalue weighted by molar-refractivity contribution is 6.08. The lowest BCUT2D eigenvalue weighted by atomic mass is 9.90. The molecule has 19 nitrogen and oxygen atoms in total. The number of amides is 2. The molecule has 10 aromatic carbocycles. The van der Waals surface area contributed by atoms with Gasteiger partial charge in [0.2, 0.25) is 0 Å². The minimum absolute atomic E-state index is 0.0109. The maximum Gasteiger partial charge on any atom is 0.253 e. The fourth-order valence-corrected chi connectivity index (χ4v) is 20.4. The largest absolute Gasteiger partial charge is 0.497 e. The monoisotopic (exact) mass is 1960 g/mol. The van der Waals surface area contributed by atoms with Crippen LogP contribution in [0.25, 0.3) is 27.9 Å². The maximum atomic E-state index is 13.6. The molecule has 144 heavy (non-hydrogen) atoms. The van der Waals surface area contributed by atoms with Crippen LogP contribution >= 0.6 is 0 Å². The van der Waals surface area contributed by atoms with Gasteiger partial charge in [-0.05, 0) is 367 Å². The van der Waals surface area contributed by atoms with E-state index >= 15 is 0 Å². The van der Waals surface area contributed by atoms with Gasteiger partial charge in [0, 0.05) is 124 Å². The van der Waals surface area contributed by atoms with Gasteiger partial charge in [0.15, 0.2) is 0 Å². The van der Waals surface area contributed by atoms with Gasteiger partial charge in [-0.15, -0.1) is 0 Å². The van der Waals surface area contributed by atoms with Crippen LogP contribution in [0.3, 0.4) is 0 Å². The van der Waals surface area contributed by atoms with Crippen molar-refractivity contribution in [2.75, 3.05) is 192 Å². The molecule has 0 unspecified atom stereocenters. The molecule has 0 N–H and O–H groups in total. The molecule has 0 aromatic heterocycles. The average Bonchev–Trinajstić information content (AvgIpc) is 1.48. The molecule has 9 fully saturated rings. The fraction of sp³-hybridized carbons (Fsp3) is 0.400. The summed E-state index contributed by atoms with van der Waals surface area (Å²) in [5, 5.41) is 0. The third-order valence-electron chi connectivity index (χ3n) is 29.5. The molecule has 2 amide bonds. The van der Waals surface area contributed by atoms with Crippen molar-refractivity contribution in [3.05, 3.63) is 325 Å². The summed E-state index contributed by atoms with van der Waals surface area (Å²) >= 11 is 0. The highest BCUT2D eigenvalue weighted by Gasteiger charge is 2.37. The molecule has 752 valence electrons. The van der Waals surface area contributed by atoms with Crippen LogP contribution in [0.5, 0.6) is 57.5 Å². The molecule has 0 bridgehead atoms. The van der Waals surface area contributed by atoms with E-state index in [1.165, 1.54) is 142 Å². The van der Waals surface area contributed by atoms with Gasteiger partial charge >= 0.3 is 0 Å². The Morgan fingerprint density at radius 3 is 0.819 bits per heavy atom. The summed E-state index contributed by atoms with van der Waals surface area (Å²) in [6.45, 7) is 21.2. The van der Waals surface area contributed by atoms with Crippen molar-refractivity contribution in [1.82, 2.24) is 34.3 Å². The minimum atomic E-state index is -0.301. The normalized spacial score (nSPS) is 19.0. The second-order valence-electron chi connectivity index (χ2n) is 40.6. The summed E-state index contributed by atoms with van der Waals surface area (Å²) < 4.78 is 128. The Hall–Kier alpha value is -12.7. The van der Waals surface area contributed by atoms with Crippen LogP contribution in [0.1, 0.15) is 152 Å². The summed E-state index contributed by atoms with van der Waals surface area (Å²) in [6.07, 6.45) is 18.4. The van der Waals surface area contributed by atoms with Crippen molar-refractivity contribution < 1.29 is 78.9 Å². The number of piperidine rings is 1. The van der Waals surface area contributed by atoms with Crippen LogP contribution in [0.2, 0.25) is 0 Å². The quantitative estimate of drug-likeness (QED) is 0.0473. The number of hydrogen-bond donors (Lipinski definition) is 0. The number of halogens is 5. The molecular weight excluding hydrogens is 1830 g/mol. The number of carbonyl (C=O) groups excluding carboxylic acids is 2. The zero-order valence-electron chi connectivity index (χ0n) is 82.9. The Balaban J connectivity index is 0.000000110. The lowest BCUT2D eigenvalue weighted by molar-refractivity contribution is -0.129. The lowest BCUT2D eigenvalue weighted by Crippen LogP contribution is -2.48. The van der Waals surface area contributed by atoms with E-state index in [9.17, 15) is 31.5 Å². The first-order valence-electron chi connectivity index (χ1n) is 51.9. The third-order valence-corrected chi connectivity index (χ3v) is 29.5. The maximum absolute atomic E-state index is 13.6. The predicted molar refractivity (Wildman–Crippen MR) is 551 cm³/mol. The smallest absolute Gasteiger partial charge is 0.253 e. The summed E-state index contributed by atoms with van der Waals surface area (Å²) in [5.41, 5.74) is 19.6. The van der Waals surface area contributed by atoms with Crippen molar-refractivity contribution in [3.63, 3.8) is 0 Å². The first-order valence-corrected chi connectivity index (χ1v) is 51.9. The van der Waals surface area contributed by atoms with Gasteiger partial charge in [-0.2, -0.15) is 0 Å². The number of methoxy groups -OCH3 is 1. The Bertz CT molecular complexity index is 6360. The highest BCUT2D eigenvalue weighted by Crippen LogP contribution is 2.48. The van der Waals surface area contributed by atoms with Gasteiger partial charge in [0.25, 0.3) is 11.8 Å². The molecule has 5 saturated heterocycles. The van der Waals surface area contributed by atoms with Crippen LogP contribution < -0.4 is 47.4 Å². The van der Waals surface area contributed by atoms with Crippen LogP contribution in [0.15, 0.2) is 240 Å². The number of fused-ring (bicyclic) bond motifs is 5. The molecule has 10 aromatic rings. The number of nitrogens with zero attached hydrogens (tertiary/aromatic N) is 7. The van der Waals surface area contributed by atoms with Gasteiger partial charge < -0.3 is 67.0 Å². The van der Waals surface area contributed by atoms with E-state index in [0.717, 1.165) is 261 Å². The molecule has 14 aliphatic rings. The summed E-state index contributed by atoms with van der Waals surface area (Å²) in [6, 6.07) is 62.7. The highest BCUT2D eigenvalue weighted by atomic mass is 19.1. The van der Waals surface area contributed by atoms with Gasteiger partial charge in [0.1, 0.15) is 120 Å². The van der Waals surface area contributed by atoms with Crippen molar-refractivity contribution >= 4 is 39.7 Å². The molecule has 4 saturated carbocycles. The van der Waals surface area contributed by atoms with Crippen LogP contribution in [-0.2, 0) is 9.59 Å². The number of hydrogen-bond acceptors (Lipinski definition) is 17. The second-order valence-corrected chi connectivity index (χ2v) is 40.6. The first kappa shape index (κ1) is 98.7. The van der Waals surface area contributed by atoms with Crippen LogP contribution in [0.4, 0.5) is 22.0 Å². The lowest BCUT2D eigenvalue weighted by Gasteiger charge is -2.34. The Kier molecular flexibility index (Phi) is 31.6. The summed E-state index contributed by atoms with van der Waals surface area (Å²) in [5.74, 6) is 9.62. The van der Waals surface area contributed by atoms with Crippen molar-refractivity contribution in [3.8, 4) is 57.5 Å². The zero-order valence-corrected chi connectivity index (χ0v) is 82.9. The molecule has 10 heterocycles. The number of benzene rings is 10. The van der Waals surface area contributed by atoms with Gasteiger partial charge in [0.05, 0.1) is 44.7 Å². The SMILES string of the molecule is CN1CCN(C(=O)C2=C(c3ccc(F)cc3)c3cc(OCC4CC4)ccc3OC2)CC1.CN1CCN(CC2=C(c3ccc(F)cc3)c3cc(OCC4CC4)ccc3OC2)CC1.COc1ccc2c(c1)C(c1ccc(F)cc1)=C(CN1CCCC1)CO2.Fc1ccc(C2=C(CN3CCCCC3)COc3ccc(OCC4CC4)cc32)cc1.O=C(C1=C(c2ccc(F)cc2)c2cc(OCC3CC3)ccc2OC1)N1CCCC1. The van der Waals surface area contributed by atoms with E-state index in [0.29, 0.717) is 80.1 Å².